The van der Waals surface area contributed by atoms with Gasteiger partial charge in [0.25, 0.3) is 0 Å². The van der Waals surface area contributed by atoms with Crippen molar-refractivity contribution in [3.63, 3.8) is 0 Å². The van der Waals surface area contributed by atoms with Crippen LogP contribution in [-0.2, 0) is 18.3 Å². The number of aliphatic hydroxyl groups excluding tert-OH is 3. The number of unbranched alkanes of at least 4 members (excludes halogenated alkanes) is 4. The average molecular weight is 545 g/mol. The van der Waals surface area contributed by atoms with Gasteiger partial charge in [0.1, 0.15) is 12.2 Å². The van der Waals surface area contributed by atoms with Crippen LogP contribution in [0.1, 0.15) is 71.1 Å². The van der Waals surface area contributed by atoms with E-state index >= 15 is 0 Å². The smallest absolute Gasteiger partial charge is 0.394 e. The number of allylic oxidation sites excluding steroid dienone is 10. The largest absolute Gasteiger partial charge is 0.472 e. The summed E-state index contributed by atoms with van der Waals surface area (Å²) in [6.07, 6.45) is 29.9. The van der Waals surface area contributed by atoms with Gasteiger partial charge >= 0.3 is 7.82 Å². The average Bonchev–Trinajstić information content (AvgIpc) is 2.89. The molecule has 0 spiro atoms. The van der Waals surface area contributed by atoms with Crippen LogP contribution in [0.5, 0.6) is 0 Å². The SMILES string of the molecule is CC/C=C\C/C=C\C/C=C\C/C=C\C/C=C\CCCCCCOCC(O)COP(=O)(O)OCC(O)CO. The normalized spacial score (nSPS) is 16.1. The van der Waals surface area contributed by atoms with Gasteiger partial charge in [-0.2, -0.15) is 0 Å². The Morgan fingerprint density at radius 2 is 1.16 bits per heavy atom. The fraction of sp³-hybridized carbons (Fsp3) is 0.643. The molecule has 0 saturated heterocycles. The molecule has 37 heavy (non-hydrogen) atoms. The van der Waals surface area contributed by atoms with Crippen LogP contribution in [-0.4, -0.2) is 65.5 Å². The molecule has 0 aromatic heterocycles. The first-order valence-electron chi connectivity index (χ1n) is 13.3. The molecule has 0 saturated carbocycles. The molecule has 0 aliphatic rings. The van der Waals surface area contributed by atoms with Crippen LogP contribution < -0.4 is 0 Å². The summed E-state index contributed by atoms with van der Waals surface area (Å²) < 4.78 is 26.1. The molecular formula is C28H49O8P. The summed E-state index contributed by atoms with van der Waals surface area (Å²) >= 11 is 0. The maximum absolute atomic E-state index is 11.6. The zero-order chi connectivity index (χ0) is 27.5. The Kier molecular flexibility index (Phi) is 25.3. The summed E-state index contributed by atoms with van der Waals surface area (Å²) in [5.41, 5.74) is 0. The standard InChI is InChI=1S/C28H49O8P/c1-2-3-4-5-6-7-8-9-10-11-12-13-14-15-16-17-18-19-20-21-22-34-24-28(31)26-36-37(32,33)35-25-27(30)23-29/h3-4,6-7,9-10,12-13,15-16,27-31H,2,5,8,11,14,17-26H2,1H3,(H,32,33)/b4-3-,7-6-,10-9-,13-12-,16-15-. The first-order chi connectivity index (χ1) is 17.9. The summed E-state index contributed by atoms with van der Waals surface area (Å²) in [6.45, 7) is 1.05. The molecule has 4 N–H and O–H groups in total. The summed E-state index contributed by atoms with van der Waals surface area (Å²) in [5.74, 6) is 0. The van der Waals surface area contributed by atoms with Crippen LogP contribution >= 0.6 is 7.82 Å². The summed E-state index contributed by atoms with van der Waals surface area (Å²) in [6, 6.07) is 0. The lowest BCUT2D eigenvalue weighted by atomic mass is 10.1. The van der Waals surface area contributed by atoms with Gasteiger partial charge in [-0.05, 0) is 51.4 Å². The van der Waals surface area contributed by atoms with Gasteiger partial charge in [0.2, 0.25) is 0 Å². The van der Waals surface area contributed by atoms with E-state index in [4.69, 9.17) is 14.9 Å². The zero-order valence-electron chi connectivity index (χ0n) is 22.4. The number of hydrogen-bond acceptors (Lipinski definition) is 7. The van der Waals surface area contributed by atoms with Crippen molar-refractivity contribution in [3.8, 4) is 0 Å². The van der Waals surface area contributed by atoms with Gasteiger partial charge in [-0.1, -0.05) is 80.5 Å². The van der Waals surface area contributed by atoms with E-state index in [1.807, 2.05) is 0 Å². The Morgan fingerprint density at radius 3 is 1.70 bits per heavy atom. The molecule has 0 amide bonds. The molecule has 3 unspecified atom stereocenters. The van der Waals surface area contributed by atoms with Crippen molar-refractivity contribution < 1.29 is 38.6 Å². The molecule has 9 heteroatoms. The minimum atomic E-state index is -4.40. The minimum Gasteiger partial charge on any atom is -0.394 e. The fourth-order valence-corrected chi connectivity index (χ4v) is 3.70. The highest BCUT2D eigenvalue weighted by Crippen LogP contribution is 2.43. The number of phosphoric acid groups is 1. The van der Waals surface area contributed by atoms with Crippen molar-refractivity contribution in [1.82, 2.24) is 0 Å². The first kappa shape index (κ1) is 35.6. The van der Waals surface area contributed by atoms with E-state index in [0.29, 0.717) is 6.61 Å². The predicted molar refractivity (Wildman–Crippen MR) is 149 cm³/mol. The van der Waals surface area contributed by atoms with Gasteiger partial charge in [0, 0.05) is 6.61 Å². The topological polar surface area (TPSA) is 126 Å². The molecule has 0 radical (unpaired) electrons. The summed E-state index contributed by atoms with van der Waals surface area (Å²) in [4.78, 5) is 9.41. The van der Waals surface area contributed by atoms with E-state index < -0.39 is 39.9 Å². The third-order valence-electron chi connectivity index (χ3n) is 4.95. The molecule has 0 fully saturated rings. The quantitative estimate of drug-likeness (QED) is 0.0669. The number of phosphoric ester groups is 1. The molecule has 0 heterocycles. The van der Waals surface area contributed by atoms with Crippen molar-refractivity contribution in [2.24, 2.45) is 0 Å². The lowest BCUT2D eigenvalue weighted by Gasteiger charge is -2.16. The van der Waals surface area contributed by atoms with E-state index in [0.717, 1.165) is 64.2 Å². The molecule has 0 aliphatic carbocycles. The number of ether oxygens (including phenoxy) is 1. The highest BCUT2D eigenvalue weighted by Gasteiger charge is 2.24. The monoisotopic (exact) mass is 544 g/mol. The molecule has 8 nitrogen and oxygen atoms in total. The van der Waals surface area contributed by atoms with E-state index in [9.17, 15) is 14.6 Å². The summed E-state index contributed by atoms with van der Waals surface area (Å²) in [5, 5.41) is 27.5. The Morgan fingerprint density at radius 1 is 0.676 bits per heavy atom. The van der Waals surface area contributed by atoms with E-state index in [1.54, 1.807) is 0 Å². The van der Waals surface area contributed by atoms with Crippen LogP contribution in [0.25, 0.3) is 0 Å². The Hall–Kier alpha value is -1.35. The highest BCUT2D eigenvalue weighted by molar-refractivity contribution is 7.47. The van der Waals surface area contributed by atoms with Crippen LogP contribution in [0, 0.1) is 0 Å². The van der Waals surface area contributed by atoms with Crippen molar-refractivity contribution in [1.29, 1.82) is 0 Å². The number of aliphatic hydroxyl groups is 3. The van der Waals surface area contributed by atoms with Crippen LogP contribution in [0.4, 0.5) is 0 Å². The zero-order valence-corrected chi connectivity index (χ0v) is 23.3. The Bertz CT molecular complexity index is 702. The molecule has 0 bridgehead atoms. The second-order valence-electron chi connectivity index (χ2n) is 8.54. The van der Waals surface area contributed by atoms with Gasteiger partial charge in [-0.25, -0.2) is 4.57 Å². The van der Waals surface area contributed by atoms with Crippen LogP contribution in [0.2, 0.25) is 0 Å². The van der Waals surface area contributed by atoms with Crippen molar-refractivity contribution in [2.75, 3.05) is 33.0 Å². The first-order valence-corrected chi connectivity index (χ1v) is 14.8. The van der Waals surface area contributed by atoms with Crippen LogP contribution in [0.15, 0.2) is 60.8 Å². The second-order valence-corrected chi connectivity index (χ2v) is 9.99. The van der Waals surface area contributed by atoms with E-state index in [2.05, 4.69) is 76.7 Å². The predicted octanol–water partition coefficient (Wildman–Crippen LogP) is 5.55. The summed E-state index contributed by atoms with van der Waals surface area (Å²) in [7, 11) is -4.40. The molecule has 0 aromatic carbocycles. The third-order valence-corrected chi connectivity index (χ3v) is 5.90. The minimum absolute atomic E-state index is 0.0146. The molecule has 0 rings (SSSR count). The van der Waals surface area contributed by atoms with E-state index in [1.165, 1.54) is 0 Å². The van der Waals surface area contributed by atoms with Gasteiger partial charge < -0.3 is 24.9 Å². The molecule has 0 aromatic rings. The molecule has 3 atom stereocenters. The van der Waals surface area contributed by atoms with Gasteiger partial charge in [0.05, 0.1) is 26.4 Å². The van der Waals surface area contributed by atoms with Gasteiger partial charge in [-0.15, -0.1) is 0 Å². The lowest BCUT2D eigenvalue weighted by molar-refractivity contribution is -0.00437. The molecule has 0 aliphatic heterocycles. The van der Waals surface area contributed by atoms with Crippen LogP contribution in [0.3, 0.4) is 0 Å². The van der Waals surface area contributed by atoms with E-state index in [-0.39, 0.29) is 6.61 Å². The lowest BCUT2D eigenvalue weighted by Crippen LogP contribution is -2.23. The van der Waals surface area contributed by atoms with Crippen molar-refractivity contribution >= 4 is 7.82 Å². The van der Waals surface area contributed by atoms with Crippen molar-refractivity contribution in [3.05, 3.63) is 60.8 Å². The molecule has 214 valence electrons. The third kappa shape index (κ3) is 27.5. The Labute approximate surface area is 223 Å². The maximum Gasteiger partial charge on any atom is 0.472 e. The van der Waals surface area contributed by atoms with Gasteiger partial charge in [-0.3, -0.25) is 9.05 Å². The highest BCUT2D eigenvalue weighted by atomic mass is 31.2. The second kappa shape index (κ2) is 26.3. The molecular weight excluding hydrogens is 495 g/mol. The maximum atomic E-state index is 11.6. The number of rotatable bonds is 25. The Balaban J connectivity index is 3.54. The van der Waals surface area contributed by atoms with Gasteiger partial charge in [0.15, 0.2) is 0 Å². The fourth-order valence-electron chi connectivity index (χ4n) is 2.91. The van der Waals surface area contributed by atoms with Crippen molar-refractivity contribution in [2.45, 2.75) is 83.3 Å². The number of hydrogen-bond donors (Lipinski definition) is 4.